The Morgan fingerprint density at radius 3 is 2.67 bits per heavy atom. The molecular formula is C15H18ClNO3S. The fourth-order valence-electron chi connectivity index (χ4n) is 2.55. The number of fused-ring (bicyclic) bond motifs is 1. The van der Waals surface area contributed by atoms with Gasteiger partial charge in [-0.1, -0.05) is 6.07 Å². The van der Waals surface area contributed by atoms with Gasteiger partial charge in [0.1, 0.15) is 10.6 Å². The molecule has 1 aliphatic rings. The van der Waals surface area contributed by atoms with Gasteiger partial charge >= 0.3 is 0 Å². The molecule has 2 aromatic rings. The average molecular weight is 328 g/mol. The number of hydrogen-bond donors (Lipinski definition) is 0. The van der Waals surface area contributed by atoms with Crippen LogP contribution >= 0.6 is 10.7 Å². The van der Waals surface area contributed by atoms with Crippen LogP contribution < -0.4 is 4.74 Å². The molecule has 0 saturated heterocycles. The summed E-state index contributed by atoms with van der Waals surface area (Å²) in [4.78, 5) is 0.135. The van der Waals surface area contributed by atoms with Gasteiger partial charge in [-0.2, -0.15) is 0 Å². The average Bonchev–Trinajstić information content (AvgIpc) is 3.08. The standard InChI is InChI=1S/C15H18ClNO3S/c1-10(2)20-13-5-3-4-12-15(13)14(21(16,18)19)9-17(12)8-11-6-7-11/h3-5,9-11H,6-8H2,1-2H3. The summed E-state index contributed by atoms with van der Waals surface area (Å²) in [6.07, 6.45) is 4.00. The fourth-order valence-corrected chi connectivity index (χ4v) is 3.60. The number of nitrogens with zero attached hydrogens (tertiary/aromatic N) is 1. The van der Waals surface area contributed by atoms with Gasteiger partial charge in [-0.3, -0.25) is 0 Å². The van der Waals surface area contributed by atoms with Crippen LogP contribution in [0.5, 0.6) is 5.75 Å². The maximum absolute atomic E-state index is 11.9. The third kappa shape index (κ3) is 3.04. The molecule has 21 heavy (non-hydrogen) atoms. The first-order valence-electron chi connectivity index (χ1n) is 7.09. The van der Waals surface area contributed by atoms with E-state index in [1.54, 1.807) is 12.3 Å². The molecule has 114 valence electrons. The molecule has 1 aromatic carbocycles. The lowest BCUT2D eigenvalue weighted by molar-refractivity contribution is 0.245. The molecule has 0 aliphatic heterocycles. The van der Waals surface area contributed by atoms with Crippen LogP contribution in [0.25, 0.3) is 10.9 Å². The highest BCUT2D eigenvalue weighted by Gasteiger charge is 2.26. The minimum atomic E-state index is -3.81. The van der Waals surface area contributed by atoms with Gasteiger partial charge in [0.25, 0.3) is 9.05 Å². The Morgan fingerprint density at radius 2 is 2.10 bits per heavy atom. The molecule has 1 heterocycles. The highest BCUT2D eigenvalue weighted by Crippen LogP contribution is 2.38. The number of rotatable bonds is 5. The SMILES string of the molecule is CC(C)Oc1cccc2c1c(S(=O)(=O)Cl)cn2CC1CC1. The summed E-state index contributed by atoms with van der Waals surface area (Å²) in [6.45, 7) is 4.65. The largest absolute Gasteiger partial charge is 0.490 e. The Morgan fingerprint density at radius 1 is 1.38 bits per heavy atom. The molecule has 0 radical (unpaired) electrons. The van der Waals surface area contributed by atoms with Crippen LogP contribution in [0.4, 0.5) is 0 Å². The molecule has 1 aliphatic carbocycles. The Labute approximate surface area is 129 Å². The number of benzene rings is 1. The topological polar surface area (TPSA) is 48.3 Å². The van der Waals surface area contributed by atoms with Crippen molar-refractivity contribution in [3.05, 3.63) is 24.4 Å². The lowest BCUT2D eigenvalue weighted by Gasteiger charge is -2.12. The first-order valence-corrected chi connectivity index (χ1v) is 9.40. The summed E-state index contributed by atoms with van der Waals surface area (Å²) in [7, 11) is 1.80. The van der Waals surface area contributed by atoms with E-state index in [-0.39, 0.29) is 11.0 Å². The van der Waals surface area contributed by atoms with Crippen LogP contribution in [0.1, 0.15) is 26.7 Å². The zero-order chi connectivity index (χ0) is 15.2. The molecule has 0 bridgehead atoms. The van der Waals surface area contributed by atoms with Crippen LogP contribution in [0, 0.1) is 5.92 Å². The van der Waals surface area contributed by atoms with Crippen molar-refractivity contribution < 1.29 is 13.2 Å². The zero-order valence-electron chi connectivity index (χ0n) is 12.0. The van der Waals surface area contributed by atoms with E-state index in [0.29, 0.717) is 17.1 Å². The van der Waals surface area contributed by atoms with Crippen molar-refractivity contribution in [1.82, 2.24) is 4.57 Å². The Balaban J connectivity index is 2.22. The lowest BCUT2D eigenvalue weighted by atomic mass is 10.2. The van der Waals surface area contributed by atoms with Crippen molar-refractivity contribution in [3.63, 3.8) is 0 Å². The second-order valence-corrected chi connectivity index (χ2v) is 8.38. The second-order valence-electron chi connectivity index (χ2n) is 5.84. The summed E-state index contributed by atoms with van der Waals surface area (Å²) in [5, 5.41) is 0.585. The van der Waals surface area contributed by atoms with Crippen molar-refractivity contribution in [1.29, 1.82) is 0 Å². The van der Waals surface area contributed by atoms with Crippen LogP contribution in [-0.2, 0) is 15.6 Å². The maximum atomic E-state index is 11.9. The molecule has 6 heteroatoms. The predicted octanol–water partition coefficient (Wildman–Crippen LogP) is 3.77. The monoisotopic (exact) mass is 327 g/mol. The van der Waals surface area contributed by atoms with Gasteiger partial charge in [0.15, 0.2) is 0 Å². The third-order valence-corrected chi connectivity index (χ3v) is 4.94. The first-order chi connectivity index (χ1) is 9.86. The molecule has 1 aromatic heterocycles. The van der Waals surface area contributed by atoms with E-state index in [9.17, 15) is 8.42 Å². The van der Waals surface area contributed by atoms with Crippen molar-refractivity contribution in [2.75, 3.05) is 0 Å². The molecule has 1 saturated carbocycles. The molecule has 0 atom stereocenters. The van der Waals surface area contributed by atoms with Crippen LogP contribution in [0.2, 0.25) is 0 Å². The molecule has 0 unspecified atom stereocenters. The molecule has 0 spiro atoms. The summed E-state index contributed by atoms with van der Waals surface area (Å²) in [5.41, 5.74) is 0.860. The molecule has 3 rings (SSSR count). The van der Waals surface area contributed by atoms with Crippen molar-refractivity contribution in [3.8, 4) is 5.75 Å². The predicted molar refractivity (Wildman–Crippen MR) is 83.5 cm³/mol. The van der Waals surface area contributed by atoms with Gasteiger partial charge in [-0.15, -0.1) is 0 Å². The maximum Gasteiger partial charge on any atom is 0.263 e. The third-order valence-electron chi connectivity index (χ3n) is 3.61. The van der Waals surface area contributed by atoms with E-state index < -0.39 is 9.05 Å². The van der Waals surface area contributed by atoms with Crippen molar-refractivity contribution in [2.45, 2.75) is 44.2 Å². The minimum Gasteiger partial charge on any atom is -0.490 e. The van der Waals surface area contributed by atoms with Crippen LogP contribution in [0.15, 0.2) is 29.3 Å². The van der Waals surface area contributed by atoms with E-state index in [1.807, 2.05) is 30.5 Å². The second kappa shape index (κ2) is 5.21. The zero-order valence-corrected chi connectivity index (χ0v) is 13.6. The van der Waals surface area contributed by atoms with Crippen LogP contribution in [0.3, 0.4) is 0 Å². The normalized spacial score (nSPS) is 15.8. The number of aromatic nitrogens is 1. The van der Waals surface area contributed by atoms with Gasteiger partial charge in [-0.05, 0) is 44.7 Å². The summed E-state index contributed by atoms with van der Waals surface area (Å²) >= 11 is 0. The molecular weight excluding hydrogens is 310 g/mol. The Kier molecular flexibility index (Phi) is 3.66. The van der Waals surface area contributed by atoms with Gasteiger partial charge in [0, 0.05) is 23.4 Å². The summed E-state index contributed by atoms with van der Waals surface area (Å²) in [5.74, 6) is 1.21. The molecule has 1 fully saturated rings. The van der Waals surface area contributed by atoms with Crippen molar-refractivity contribution in [2.24, 2.45) is 5.92 Å². The van der Waals surface area contributed by atoms with E-state index >= 15 is 0 Å². The highest BCUT2D eigenvalue weighted by molar-refractivity contribution is 8.14. The summed E-state index contributed by atoms with van der Waals surface area (Å²) < 4.78 is 31.5. The van der Waals surface area contributed by atoms with E-state index in [4.69, 9.17) is 15.4 Å². The highest BCUT2D eigenvalue weighted by atomic mass is 35.7. The molecule has 0 amide bonds. The van der Waals surface area contributed by atoms with Crippen molar-refractivity contribution >= 4 is 30.6 Å². The Bertz CT molecular complexity index is 776. The van der Waals surface area contributed by atoms with Crippen LogP contribution in [-0.4, -0.2) is 19.1 Å². The molecule has 4 nitrogen and oxygen atoms in total. The van der Waals surface area contributed by atoms with Gasteiger partial charge in [0.05, 0.1) is 17.0 Å². The van der Waals surface area contributed by atoms with E-state index in [1.165, 1.54) is 12.8 Å². The summed E-state index contributed by atoms with van der Waals surface area (Å²) in [6, 6.07) is 5.58. The quantitative estimate of drug-likeness (QED) is 0.785. The lowest BCUT2D eigenvalue weighted by Crippen LogP contribution is -2.06. The number of hydrogen-bond acceptors (Lipinski definition) is 3. The first kappa shape index (κ1) is 14.7. The van der Waals surface area contributed by atoms with Gasteiger partial charge in [-0.25, -0.2) is 8.42 Å². The van der Waals surface area contributed by atoms with E-state index in [0.717, 1.165) is 12.1 Å². The number of ether oxygens (including phenoxy) is 1. The van der Waals surface area contributed by atoms with Gasteiger partial charge in [0.2, 0.25) is 0 Å². The molecule has 0 N–H and O–H groups in total. The van der Waals surface area contributed by atoms with E-state index in [2.05, 4.69) is 0 Å². The fraction of sp³-hybridized carbons (Fsp3) is 0.467. The minimum absolute atomic E-state index is 0.0340. The van der Waals surface area contributed by atoms with Gasteiger partial charge < -0.3 is 9.30 Å². The smallest absolute Gasteiger partial charge is 0.263 e. The number of halogens is 1. The Hall–Kier alpha value is -1.20.